The lowest BCUT2D eigenvalue weighted by Gasteiger charge is -2.41. The number of carbonyl (C=O) groups excluding carboxylic acids is 1. The van der Waals surface area contributed by atoms with Gasteiger partial charge in [-0.1, -0.05) is 36.4 Å². The SMILES string of the molecule is COc1ccc(C(=O)c2ccc(S(=O)(=O)c3ccc(S(OS(=O)(=O)C(F)(F)C(F)(F)C(F)(F)C(F)(F)F)(c4ccccc4)c4ccccc4)cc3)cc2)cc1. The first kappa shape index (κ1) is 41.3. The molecule has 0 heterocycles. The van der Waals surface area contributed by atoms with Crippen molar-refractivity contribution in [2.24, 2.45) is 0 Å². The summed E-state index contributed by atoms with van der Waals surface area (Å²) < 4.78 is 189. The molecule has 0 atom stereocenters. The Hall–Kier alpha value is -4.85. The Labute approximate surface area is 309 Å². The first-order valence-corrected chi connectivity index (χ1v) is 19.7. The molecule has 0 radical (unpaired) electrons. The quantitative estimate of drug-likeness (QED) is 0.0860. The molecular weight excluding hydrogens is 812 g/mol. The highest BCUT2D eigenvalue weighted by molar-refractivity contribution is 8.33. The molecule has 0 aliphatic heterocycles. The first-order chi connectivity index (χ1) is 25.5. The number of hydrogen-bond acceptors (Lipinski definition) is 7. The summed E-state index contributed by atoms with van der Waals surface area (Å²) in [5, 5.41) is -7.19. The molecule has 5 rings (SSSR count). The van der Waals surface area contributed by atoms with Crippen LogP contribution in [0.3, 0.4) is 0 Å². The summed E-state index contributed by atoms with van der Waals surface area (Å²) in [6.07, 6.45) is -7.31. The van der Waals surface area contributed by atoms with Crippen molar-refractivity contribution >= 4 is 36.0 Å². The summed E-state index contributed by atoms with van der Waals surface area (Å²) in [4.78, 5) is 10.9. The molecule has 0 unspecified atom stereocenters. The van der Waals surface area contributed by atoms with Crippen LogP contribution in [0.2, 0.25) is 0 Å². The van der Waals surface area contributed by atoms with Crippen molar-refractivity contribution in [3.63, 3.8) is 0 Å². The van der Waals surface area contributed by atoms with E-state index in [0.717, 1.165) is 60.7 Å². The van der Waals surface area contributed by atoms with E-state index in [1.54, 1.807) is 12.1 Å². The third-order valence-electron chi connectivity index (χ3n) is 8.02. The second-order valence-electron chi connectivity index (χ2n) is 11.4. The van der Waals surface area contributed by atoms with E-state index in [1.807, 2.05) is 0 Å². The van der Waals surface area contributed by atoms with Gasteiger partial charge in [0, 0.05) is 25.8 Å². The van der Waals surface area contributed by atoms with Crippen LogP contribution in [0.5, 0.6) is 5.75 Å². The normalized spacial score (nSPS) is 13.6. The molecule has 7 nitrogen and oxygen atoms in total. The number of methoxy groups -OCH3 is 1. The van der Waals surface area contributed by atoms with E-state index >= 15 is 8.78 Å². The van der Waals surface area contributed by atoms with Gasteiger partial charge in [-0.2, -0.15) is 47.9 Å². The minimum atomic E-state index is -7.58. The molecule has 19 heteroatoms. The highest BCUT2D eigenvalue weighted by Gasteiger charge is 2.86. The fourth-order valence-corrected chi connectivity index (χ4v) is 11.6. The van der Waals surface area contributed by atoms with E-state index in [1.165, 1.54) is 67.8 Å². The molecular formula is C36H25F9O7S3. The predicted octanol–water partition coefficient (Wildman–Crippen LogP) is 9.73. The molecule has 0 bridgehead atoms. The zero-order chi connectivity index (χ0) is 40.7. The molecule has 5 aromatic rings. The zero-order valence-electron chi connectivity index (χ0n) is 27.7. The van der Waals surface area contributed by atoms with Crippen molar-refractivity contribution in [1.29, 1.82) is 0 Å². The van der Waals surface area contributed by atoms with E-state index in [4.69, 9.17) is 8.37 Å². The van der Waals surface area contributed by atoms with E-state index in [-0.39, 0.29) is 25.8 Å². The van der Waals surface area contributed by atoms with Gasteiger partial charge in [0.05, 0.1) is 16.9 Å². The van der Waals surface area contributed by atoms with Gasteiger partial charge in [-0.25, -0.2) is 12.0 Å². The Bertz CT molecular complexity index is 2340. The third-order valence-corrected chi connectivity index (χ3v) is 15.0. The molecule has 0 aliphatic carbocycles. The van der Waals surface area contributed by atoms with Gasteiger partial charge in [-0.15, -0.1) is 0 Å². The minimum absolute atomic E-state index is 0.118. The van der Waals surface area contributed by atoms with Crippen LogP contribution >= 0.6 is 10.3 Å². The summed E-state index contributed by atoms with van der Waals surface area (Å²) in [7, 11) is -14.8. The molecule has 0 saturated carbocycles. The van der Waals surface area contributed by atoms with E-state index < -0.39 is 69.1 Å². The Balaban J connectivity index is 1.61. The molecule has 0 spiro atoms. The highest BCUT2D eigenvalue weighted by atomic mass is 32.3. The van der Waals surface area contributed by atoms with E-state index in [0.29, 0.717) is 5.75 Å². The van der Waals surface area contributed by atoms with Crippen LogP contribution < -0.4 is 4.74 Å². The lowest BCUT2D eigenvalue weighted by atomic mass is 10.0. The average Bonchev–Trinajstić information content (AvgIpc) is 3.17. The van der Waals surface area contributed by atoms with E-state index in [2.05, 4.69) is 0 Å². The third kappa shape index (κ3) is 7.20. The summed E-state index contributed by atoms with van der Waals surface area (Å²) in [6.45, 7) is 0. The molecule has 0 N–H and O–H groups in total. The second-order valence-corrected chi connectivity index (χ2v) is 17.9. The zero-order valence-corrected chi connectivity index (χ0v) is 30.1. The molecule has 0 amide bonds. The fourth-order valence-electron chi connectivity index (χ4n) is 5.09. The van der Waals surface area contributed by atoms with Crippen LogP contribution in [0.4, 0.5) is 39.5 Å². The molecule has 0 fully saturated rings. The van der Waals surface area contributed by atoms with Crippen LogP contribution in [-0.4, -0.2) is 53.0 Å². The van der Waals surface area contributed by atoms with Gasteiger partial charge in [-0.3, -0.25) is 4.79 Å². The average molecular weight is 837 g/mol. The van der Waals surface area contributed by atoms with Crippen LogP contribution in [0.25, 0.3) is 0 Å². The summed E-state index contributed by atoms with van der Waals surface area (Å²) in [6, 6.07) is 26.4. The van der Waals surface area contributed by atoms with Crippen molar-refractivity contribution in [3.05, 3.63) is 145 Å². The maximum atomic E-state index is 15.2. The van der Waals surface area contributed by atoms with Crippen LogP contribution in [0.15, 0.2) is 158 Å². The lowest BCUT2D eigenvalue weighted by molar-refractivity contribution is -0.382. The monoisotopic (exact) mass is 836 g/mol. The van der Waals surface area contributed by atoms with Gasteiger partial charge >= 0.3 is 33.4 Å². The lowest BCUT2D eigenvalue weighted by Crippen LogP contribution is -2.63. The summed E-state index contributed by atoms with van der Waals surface area (Å²) in [5.41, 5.74) is 0.391. The number of ketones is 1. The van der Waals surface area contributed by atoms with Gasteiger partial charge < -0.3 is 4.74 Å². The Morgan fingerprint density at radius 1 is 0.491 bits per heavy atom. The van der Waals surface area contributed by atoms with E-state index in [9.17, 15) is 52.4 Å². The second kappa shape index (κ2) is 14.7. The van der Waals surface area contributed by atoms with Crippen molar-refractivity contribution in [1.82, 2.24) is 0 Å². The highest BCUT2D eigenvalue weighted by Crippen LogP contribution is 2.71. The Kier molecular flexibility index (Phi) is 11.0. The number of carbonyl (C=O) groups is 1. The topological polar surface area (TPSA) is 104 Å². The van der Waals surface area contributed by atoms with Crippen molar-refractivity contribution in [3.8, 4) is 5.75 Å². The Morgan fingerprint density at radius 2 is 0.855 bits per heavy atom. The fraction of sp³-hybridized carbons (Fsp3) is 0.139. The molecule has 5 aromatic carbocycles. The van der Waals surface area contributed by atoms with Gasteiger partial charge in [0.2, 0.25) is 9.84 Å². The standard InChI is InChI=1S/C36H25F9O7S3/c1-51-26-16-12-24(13-17-26)32(46)25-14-18-30(19-15-25)54(47,48)31-22-20-29(21-23-31)53(27-8-4-2-5-9-27,28-10-6-3-7-11-28)52-55(49,50)36(44,45)34(39,40)33(37,38)35(41,42)43/h2-23H,1H3. The maximum Gasteiger partial charge on any atom is 0.460 e. The van der Waals surface area contributed by atoms with Crippen molar-refractivity contribution in [2.75, 3.05) is 7.11 Å². The number of hydrogen-bond donors (Lipinski definition) is 0. The minimum Gasteiger partial charge on any atom is -0.497 e. The number of rotatable bonds is 13. The number of halogens is 9. The molecule has 55 heavy (non-hydrogen) atoms. The summed E-state index contributed by atoms with van der Waals surface area (Å²) >= 11 is 0. The van der Waals surface area contributed by atoms with Gasteiger partial charge in [-0.05, 0) is 107 Å². The van der Waals surface area contributed by atoms with Crippen LogP contribution in [0, 0.1) is 0 Å². The maximum absolute atomic E-state index is 15.2. The van der Waals surface area contributed by atoms with Gasteiger partial charge in [0.15, 0.2) is 5.78 Å². The van der Waals surface area contributed by atoms with Gasteiger partial charge in [0.1, 0.15) is 5.75 Å². The van der Waals surface area contributed by atoms with Crippen LogP contribution in [-0.2, 0) is 23.6 Å². The van der Waals surface area contributed by atoms with Crippen molar-refractivity contribution in [2.45, 2.75) is 47.8 Å². The number of ether oxygens (including phenoxy) is 1. The number of sulfone groups is 1. The smallest absolute Gasteiger partial charge is 0.460 e. The molecule has 292 valence electrons. The molecule has 0 saturated heterocycles. The molecule has 0 aromatic heterocycles. The van der Waals surface area contributed by atoms with Gasteiger partial charge in [0.25, 0.3) is 0 Å². The summed E-state index contributed by atoms with van der Waals surface area (Å²) in [5.74, 6) is -15.1. The predicted molar refractivity (Wildman–Crippen MR) is 181 cm³/mol. The van der Waals surface area contributed by atoms with Crippen molar-refractivity contribution < 1.29 is 69.5 Å². The number of benzene rings is 5. The van der Waals surface area contributed by atoms with Crippen LogP contribution in [0.1, 0.15) is 15.9 Å². The number of alkyl halides is 9. The largest absolute Gasteiger partial charge is 0.497 e. The Morgan fingerprint density at radius 3 is 1.25 bits per heavy atom. The molecule has 0 aliphatic rings. The first-order valence-electron chi connectivity index (χ1n) is 15.3.